The molecular formula is C21H23FN2O. The van der Waals surface area contributed by atoms with Gasteiger partial charge in [0, 0.05) is 23.9 Å². The molecule has 0 saturated carbocycles. The van der Waals surface area contributed by atoms with Crippen LogP contribution in [0, 0.1) is 5.82 Å². The van der Waals surface area contributed by atoms with Crippen molar-refractivity contribution in [1.82, 2.24) is 4.98 Å². The largest absolute Gasteiger partial charge is 0.359 e. The molecule has 1 amide bonds. The van der Waals surface area contributed by atoms with Gasteiger partial charge < -0.3 is 10.3 Å². The van der Waals surface area contributed by atoms with Gasteiger partial charge in [-0.3, -0.25) is 4.79 Å². The second-order valence-corrected chi connectivity index (χ2v) is 6.41. The second-order valence-electron chi connectivity index (χ2n) is 6.41. The van der Waals surface area contributed by atoms with Gasteiger partial charge in [-0.25, -0.2) is 4.39 Å². The van der Waals surface area contributed by atoms with Crippen LogP contribution < -0.4 is 5.32 Å². The van der Waals surface area contributed by atoms with Gasteiger partial charge in [0.05, 0.1) is 11.2 Å². The highest BCUT2D eigenvalue weighted by atomic mass is 19.1. The lowest BCUT2D eigenvalue weighted by Gasteiger charge is -2.32. The average Bonchev–Trinajstić information content (AvgIpc) is 3.03. The van der Waals surface area contributed by atoms with E-state index in [1.54, 1.807) is 0 Å². The predicted octanol–water partition coefficient (Wildman–Crippen LogP) is 5.37. The van der Waals surface area contributed by atoms with Crippen molar-refractivity contribution in [3.05, 3.63) is 65.6 Å². The molecule has 2 N–H and O–H groups in total. The Labute approximate surface area is 147 Å². The molecule has 0 bridgehead atoms. The van der Waals surface area contributed by atoms with E-state index in [-0.39, 0.29) is 17.1 Å². The fourth-order valence-corrected chi connectivity index (χ4v) is 3.81. The molecule has 0 aliphatic heterocycles. The van der Waals surface area contributed by atoms with Crippen LogP contribution in [0.5, 0.6) is 0 Å². The van der Waals surface area contributed by atoms with Gasteiger partial charge >= 0.3 is 0 Å². The molecule has 0 unspecified atom stereocenters. The molecule has 0 aliphatic carbocycles. The van der Waals surface area contributed by atoms with Crippen molar-refractivity contribution in [3.63, 3.8) is 0 Å². The smallest absolute Gasteiger partial charge is 0.221 e. The molecule has 25 heavy (non-hydrogen) atoms. The minimum Gasteiger partial charge on any atom is -0.359 e. The van der Waals surface area contributed by atoms with Crippen molar-refractivity contribution in [2.45, 2.75) is 39.0 Å². The van der Waals surface area contributed by atoms with E-state index in [1.165, 1.54) is 24.6 Å². The van der Waals surface area contributed by atoms with Crippen LogP contribution in [0.2, 0.25) is 0 Å². The molecule has 1 heterocycles. The number of anilines is 1. The number of benzene rings is 2. The van der Waals surface area contributed by atoms with Crippen molar-refractivity contribution in [1.29, 1.82) is 0 Å². The molecule has 0 saturated heterocycles. The molecule has 0 spiro atoms. The number of halogens is 1. The zero-order valence-corrected chi connectivity index (χ0v) is 14.8. The molecule has 0 atom stereocenters. The van der Waals surface area contributed by atoms with E-state index in [4.69, 9.17) is 0 Å². The highest BCUT2D eigenvalue weighted by Crippen LogP contribution is 2.43. The number of nitrogens with one attached hydrogen (secondary N) is 2. The van der Waals surface area contributed by atoms with Gasteiger partial charge in [-0.05, 0) is 42.2 Å². The quantitative estimate of drug-likeness (QED) is 0.645. The summed E-state index contributed by atoms with van der Waals surface area (Å²) in [4.78, 5) is 14.8. The molecule has 1 aromatic heterocycles. The van der Waals surface area contributed by atoms with E-state index >= 15 is 0 Å². The Balaban J connectivity index is 2.21. The lowest BCUT2D eigenvalue weighted by molar-refractivity contribution is -0.114. The summed E-state index contributed by atoms with van der Waals surface area (Å²) in [6.45, 7) is 5.82. The Kier molecular flexibility index (Phi) is 4.62. The molecule has 0 fully saturated rings. The van der Waals surface area contributed by atoms with E-state index < -0.39 is 0 Å². The predicted molar refractivity (Wildman–Crippen MR) is 100 cm³/mol. The van der Waals surface area contributed by atoms with E-state index in [0.29, 0.717) is 0 Å². The van der Waals surface area contributed by atoms with Crippen LogP contribution in [0.25, 0.3) is 10.9 Å². The zero-order valence-electron chi connectivity index (χ0n) is 14.8. The third-order valence-electron chi connectivity index (χ3n) is 5.15. The van der Waals surface area contributed by atoms with E-state index in [1.807, 2.05) is 30.5 Å². The molecule has 130 valence electrons. The van der Waals surface area contributed by atoms with Gasteiger partial charge in [-0.15, -0.1) is 0 Å². The van der Waals surface area contributed by atoms with Gasteiger partial charge in [0.2, 0.25) is 5.91 Å². The summed E-state index contributed by atoms with van der Waals surface area (Å²) < 4.78 is 13.4. The van der Waals surface area contributed by atoms with Crippen LogP contribution in [-0.4, -0.2) is 10.9 Å². The molecule has 0 aliphatic rings. The second kappa shape index (κ2) is 6.71. The fraction of sp³-hybridized carbons (Fsp3) is 0.286. The van der Waals surface area contributed by atoms with Gasteiger partial charge in [0.15, 0.2) is 0 Å². The number of carbonyl (C=O) groups is 1. The van der Waals surface area contributed by atoms with E-state index in [2.05, 4.69) is 30.2 Å². The first-order valence-electron chi connectivity index (χ1n) is 8.66. The molecule has 0 radical (unpaired) electrons. The molecule has 3 nitrogen and oxygen atoms in total. The van der Waals surface area contributed by atoms with Crippen LogP contribution in [-0.2, 0) is 10.2 Å². The molecular weight excluding hydrogens is 315 g/mol. The number of aromatic amines is 1. The number of amides is 1. The number of aromatic nitrogens is 1. The summed E-state index contributed by atoms with van der Waals surface area (Å²) in [7, 11) is 0. The number of hydrogen-bond donors (Lipinski definition) is 2. The summed E-state index contributed by atoms with van der Waals surface area (Å²) in [6.07, 6.45) is 3.81. The Hall–Kier alpha value is -2.62. The first-order chi connectivity index (χ1) is 12.0. The van der Waals surface area contributed by atoms with Crippen LogP contribution in [0.3, 0.4) is 0 Å². The third-order valence-corrected chi connectivity index (χ3v) is 5.15. The van der Waals surface area contributed by atoms with E-state index in [9.17, 15) is 9.18 Å². The lowest BCUT2D eigenvalue weighted by atomic mass is 9.70. The minimum atomic E-state index is -0.225. The standard InChI is InChI=1S/C21H23FN2O/c1-4-21(5-2,15-9-11-16(22)12-10-15)18-13-23-20-17(18)7-6-8-19(20)24-14(3)25/h6-13,23H,4-5H2,1-3H3,(H,24,25). The summed E-state index contributed by atoms with van der Waals surface area (Å²) >= 11 is 0. The number of fused-ring (bicyclic) bond motifs is 1. The maximum Gasteiger partial charge on any atom is 0.221 e. The molecule has 3 aromatic rings. The molecule has 2 aromatic carbocycles. The minimum absolute atomic E-state index is 0.0977. The van der Waals surface area contributed by atoms with Crippen LogP contribution in [0.1, 0.15) is 44.7 Å². The van der Waals surface area contributed by atoms with Gasteiger partial charge in [-0.2, -0.15) is 0 Å². The topological polar surface area (TPSA) is 44.9 Å². The van der Waals surface area contributed by atoms with Gasteiger partial charge in [-0.1, -0.05) is 38.1 Å². The Morgan fingerprint density at radius 2 is 1.80 bits per heavy atom. The van der Waals surface area contributed by atoms with Crippen LogP contribution in [0.15, 0.2) is 48.7 Å². The normalized spacial score (nSPS) is 11.7. The Morgan fingerprint density at radius 3 is 2.40 bits per heavy atom. The highest BCUT2D eigenvalue weighted by molar-refractivity contribution is 6.01. The van der Waals surface area contributed by atoms with Crippen molar-refractivity contribution in [2.24, 2.45) is 0 Å². The lowest BCUT2D eigenvalue weighted by Crippen LogP contribution is -2.25. The van der Waals surface area contributed by atoms with Crippen molar-refractivity contribution in [3.8, 4) is 0 Å². The number of carbonyl (C=O) groups excluding carboxylic acids is 1. The summed E-state index contributed by atoms with van der Waals surface area (Å²) in [5.41, 5.74) is 3.76. The monoisotopic (exact) mass is 338 g/mol. The summed E-state index contributed by atoms with van der Waals surface area (Å²) in [6, 6.07) is 12.7. The maximum atomic E-state index is 13.4. The SMILES string of the molecule is CCC(CC)(c1ccc(F)cc1)c1c[nH]c2c(NC(C)=O)cccc12. The Bertz CT molecular complexity index is 892. The molecule has 3 rings (SSSR count). The summed E-state index contributed by atoms with van der Waals surface area (Å²) in [5.74, 6) is -0.323. The zero-order chi connectivity index (χ0) is 18.0. The maximum absolute atomic E-state index is 13.4. The number of para-hydroxylation sites is 1. The number of rotatable bonds is 5. The number of H-pyrrole nitrogens is 1. The highest BCUT2D eigenvalue weighted by Gasteiger charge is 2.33. The van der Waals surface area contributed by atoms with Crippen molar-refractivity contribution < 1.29 is 9.18 Å². The van der Waals surface area contributed by atoms with Crippen molar-refractivity contribution >= 4 is 22.5 Å². The first kappa shape index (κ1) is 17.2. The van der Waals surface area contributed by atoms with Crippen LogP contribution in [0.4, 0.5) is 10.1 Å². The molecule has 4 heteroatoms. The summed E-state index contributed by atoms with van der Waals surface area (Å²) in [5, 5.41) is 3.96. The first-order valence-corrected chi connectivity index (χ1v) is 8.66. The third kappa shape index (κ3) is 2.93. The van der Waals surface area contributed by atoms with Gasteiger partial charge in [0.1, 0.15) is 5.82 Å². The van der Waals surface area contributed by atoms with E-state index in [0.717, 1.165) is 35.0 Å². The fourth-order valence-electron chi connectivity index (χ4n) is 3.81. The number of hydrogen-bond acceptors (Lipinski definition) is 1. The Morgan fingerprint density at radius 1 is 1.12 bits per heavy atom. The average molecular weight is 338 g/mol. The van der Waals surface area contributed by atoms with Gasteiger partial charge in [0.25, 0.3) is 0 Å². The van der Waals surface area contributed by atoms with Crippen LogP contribution >= 0.6 is 0 Å². The van der Waals surface area contributed by atoms with Crippen molar-refractivity contribution in [2.75, 3.05) is 5.32 Å².